The summed E-state index contributed by atoms with van der Waals surface area (Å²) in [6.45, 7) is 8.24. The van der Waals surface area contributed by atoms with E-state index in [9.17, 15) is 9.59 Å². The summed E-state index contributed by atoms with van der Waals surface area (Å²) in [5, 5.41) is 9.86. The second-order valence-corrected chi connectivity index (χ2v) is 6.95. The first kappa shape index (κ1) is 19.5. The molecule has 24 heavy (non-hydrogen) atoms. The van der Waals surface area contributed by atoms with E-state index < -0.39 is 23.2 Å². The molecule has 1 aromatic carbocycles. The average molecular weight is 335 g/mol. The highest BCUT2D eigenvalue weighted by Gasteiger charge is 2.34. The van der Waals surface area contributed by atoms with Gasteiger partial charge in [-0.15, -0.1) is 0 Å². The van der Waals surface area contributed by atoms with Crippen LogP contribution < -0.4 is 15.8 Å². The van der Waals surface area contributed by atoms with E-state index in [4.69, 9.17) is 20.6 Å². The molecule has 0 aromatic heterocycles. The van der Waals surface area contributed by atoms with Crippen LogP contribution in [0, 0.1) is 5.41 Å². The van der Waals surface area contributed by atoms with E-state index in [-0.39, 0.29) is 12.3 Å². The highest BCUT2D eigenvalue weighted by molar-refractivity contribution is 5.87. The molecular weight excluding hydrogens is 310 g/mol. The number of benzene rings is 1. The Morgan fingerprint density at radius 3 is 2.29 bits per heavy atom. The van der Waals surface area contributed by atoms with Crippen LogP contribution in [0.4, 0.5) is 4.79 Å². The zero-order valence-corrected chi connectivity index (χ0v) is 14.7. The molecule has 0 aliphatic rings. The Kier molecular flexibility index (Phi) is 5.95. The van der Waals surface area contributed by atoms with Crippen molar-refractivity contribution in [2.24, 2.45) is 5.73 Å². The molecule has 0 saturated carbocycles. The van der Waals surface area contributed by atoms with Crippen LogP contribution in [-0.2, 0) is 16.0 Å². The first-order chi connectivity index (χ1) is 10.9. The van der Waals surface area contributed by atoms with Crippen molar-refractivity contribution in [1.82, 2.24) is 5.32 Å². The second-order valence-electron chi connectivity index (χ2n) is 6.95. The molecule has 7 nitrogen and oxygen atoms in total. The summed E-state index contributed by atoms with van der Waals surface area (Å²) in [4.78, 5) is 24.3. The summed E-state index contributed by atoms with van der Waals surface area (Å²) in [5.41, 5.74) is 4.07. The van der Waals surface area contributed by atoms with Gasteiger partial charge in [0.1, 0.15) is 16.9 Å². The molecule has 0 aliphatic carbocycles. The van der Waals surface area contributed by atoms with Crippen LogP contribution >= 0.6 is 0 Å². The van der Waals surface area contributed by atoms with Crippen molar-refractivity contribution in [2.45, 2.75) is 52.2 Å². The number of nitrogens with two attached hydrogens (primary N) is 1. The lowest BCUT2D eigenvalue weighted by molar-refractivity contribution is -0.140. The summed E-state index contributed by atoms with van der Waals surface area (Å²) in [6.07, 6.45) is -0.537. The summed E-state index contributed by atoms with van der Waals surface area (Å²) < 4.78 is 10.5. The number of para-hydroxylation sites is 1. The van der Waals surface area contributed by atoms with Crippen LogP contribution in [-0.4, -0.2) is 29.0 Å². The van der Waals surface area contributed by atoms with Crippen molar-refractivity contribution in [3.63, 3.8) is 0 Å². The standard InChI is InChI=1S/C17H25N3O4/c1-16(2,3)24-15(22)20-17(4,5)14(21)23-12-9-7-6-8-11(12)10-13(18)19/h6-9H,10H2,1-5H3,(H3,18,19)(H,20,22). The van der Waals surface area contributed by atoms with Crippen LogP contribution in [0.5, 0.6) is 5.75 Å². The van der Waals surface area contributed by atoms with Gasteiger partial charge >= 0.3 is 12.1 Å². The van der Waals surface area contributed by atoms with E-state index in [1.54, 1.807) is 45.0 Å². The predicted octanol–water partition coefficient (Wildman–Crippen LogP) is 2.37. The Morgan fingerprint density at radius 1 is 1.17 bits per heavy atom. The zero-order chi connectivity index (χ0) is 18.5. The third-order valence-corrected chi connectivity index (χ3v) is 2.88. The third-order valence-electron chi connectivity index (χ3n) is 2.88. The minimum atomic E-state index is -1.29. The minimum Gasteiger partial charge on any atom is -0.444 e. The maximum absolute atomic E-state index is 12.4. The molecule has 0 unspecified atom stereocenters. The highest BCUT2D eigenvalue weighted by Crippen LogP contribution is 2.21. The molecular formula is C17H25N3O4. The van der Waals surface area contributed by atoms with Crippen molar-refractivity contribution in [3.05, 3.63) is 29.8 Å². The van der Waals surface area contributed by atoms with Crippen LogP contribution in [0.25, 0.3) is 0 Å². The first-order valence-electron chi connectivity index (χ1n) is 7.55. The smallest absolute Gasteiger partial charge is 0.408 e. The van der Waals surface area contributed by atoms with Gasteiger partial charge < -0.3 is 20.5 Å². The Balaban J connectivity index is 2.83. The van der Waals surface area contributed by atoms with E-state index in [0.717, 1.165) is 0 Å². The van der Waals surface area contributed by atoms with Gasteiger partial charge in [0.15, 0.2) is 0 Å². The molecule has 0 spiro atoms. The van der Waals surface area contributed by atoms with E-state index in [1.165, 1.54) is 13.8 Å². The van der Waals surface area contributed by atoms with Gasteiger partial charge in [-0.3, -0.25) is 5.41 Å². The lowest BCUT2D eigenvalue weighted by Crippen LogP contribution is -2.52. The van der Waals surface area contributed by atoms with Crippen LogP contribution in [0.2, 0.25) is 0 Å². The Labute approximate surface area is 142 Å². The molecule has 1 rings (SSSR count). The molecule has 132 valence electrons. The number of hydrogen-bond acceptors (Lipinski definition) is 5. The molecule has 7 heteroatoms. The Hall–Kier alpha value is -2.57. The normalized spacial score (nSPS) is 11.5. The molecule has 1 amide bonds. The summed E-state index contributed by atoms with van der Waals surface area (Å²) in [7, 11) is 0. The number of nitrogens with one attached hydrogen (secondary N) is 2. The SMILES string of the molecule is CC(C)(C)OC(=O)NC(C)(C)C(=O)Oc1ccccc1CC(=N)N. The molecule has 0 radical (unpaired) electrons. The number of carbonyl (C=O) groups excluding carboxylic acids is 2. The van der Waals surface area contributed by atoms with Gasteiger partial charge in [0, 0.05) is 12.0 Å². The van der Waals surface area contributed by atoms with Crippen LogP contribution in [0.1, 0.15) is 40.2 Å². The number of rotatable bonds is 5. The van der Waals surface area contributed by atoms with E-state index in [0.29, 0.717) is 11.3 Å². The summed E-state index contributed by atoms with van der Waals surface area (Å²) in [5.74, 6) is -0.384. The average Bonchev–Trinajstić information content (AvgIpc) is 2.37. The number of amides is 1. The number of esters is 1. The molecule has 1 aromatic rings. The molecule has 0 heterocycles. The van der Waals surface area contributed by atoms with E-state index >= 15 is 0 Å². The monoisotopic (exact) mass is 335 g/mol. The van der Waals surface area contributed by atoms with Crippen molar-refractivity contribution in [2.75, 3.05) is 0 Å². The van der Waals surface area contributed by atoms with E-state index in [2.05, 4.69) is 5.32 Å². The predicted molar refractivity (Wildman–Crippen MR) is 91.1 cm³/mol. The number of carbonyl (C=O) groups is 2. The van der Waals surface area contributed by atoms with Gasteiger partial charge in [-0.25, -0.2) is 9.59 Å². The number of ether oxygens (including phenoxy) is 2. The van der Waals surface area contributed by atoms with Gasteiger partial charge in [0.25, 0.3) is 0 Å². The van der Waals surface area contributed by atoms with Crippen molar-refractivity contribution in [3.8, 4) is 5.75 Å². The summed E-state index contributed by atoms with van der Waals surface area (Å²) >= 11 is 0. The highest BCUT2D eigenvalue weighted by atomic mass is 16.6. The fourth-order valence-electron chi connectivity index (χ4n) is 1.79. The third kappa shape index (κ3) is 6.28. The van der Waals surface area contributed by atoms with Gasteiger partial charge in [-0.1, -0.05) is 18.2 Å². The van der Waals surface area contributed by atoms with Gasteiger partial charge in [-0.2, -0.15) is 0 Å². The molecule has 0 bridgehead atoms. The van der Waals surface area contributed by atoms with Gasteiger partial charge in [-0.05, 0) is 40.7 Å². The molecule has 0 saturated heterocycles. The lowest BCUT2D eigenvalue weighted by atomic mass is 10.1. The van der Waals surface area contributed by atoms with Crippen LogP contribution in [0.3, 0.4) is 0 Å². The molecule has 0 fully saturated rings. The lowest BCUT2D eigenvalue weighted by Gasteiger charge is -2.27. The largest absolute Gasteiger partial charge is 0.444 e. The molecule has 0 aliphatic heterocycles. The topological polar surface area (TPSA) is 114 Å². The molecule has 4 N–H and O–H groups in total. The molecule has 0 atom stereocenters. The summed E-state index contributed by atoms with van der Waals surface area (Å²) in [6, 6.07) is 6.80. The minimum absolute atomic E-state index is 0.0374. The van der Waals surface area contributed by atoms with Gasteiger partial charge in [0.05, 0.1) is 5.84 Å². The van der Waals surface area contributed by atoms with Gasteiger partial charge in [0.2, 0.25) is 0 Å². The first-order valence-corrected chi connectivity index (χ1v) is 7.55. The maximum atomic E-state index is 12.4. The number of hydrogen-bond donors (Lipinski definition) is 3. The fraction of sp³-hybridized carbons (Fsp3) is 0.471. The number of amidine groups is 1. The Morgan fingerprint density at radius 2 is 1.75 bits per heavy atom. The quantitative estimate of drug-likeness (QED) is 0.331. The van der Waals surface area contributed by atoms with E-state index in [1.807, 2.05) is 0 Å². The number of alkyl carbamates (subject to hydrolysis) is 1. The van der Waals surface area contributed by atoms with Crippen molar-refractivity contribution >= 4 is 17.9 Å². The van der Waals surface area contributed by atoms with Crippen molar-refractivity contribution in [1.29, 1.82) is 5.41 Å². The fourth-order valence-corrected chi connectivity index (χ4v) is 1.79. The van der Waals surface area contributed by atoms with Crippen LogP contribution in [0.15, 0.2) is 24.3 Å². The van der Waals surface area contributed by atoms with Crippen molar-refractivity contribution < 1.29 is 19.1 Å². The zero-order valence-electron chi connectivity index (χ0n) is 14.7. The maximum Gasteiger partial charge on any atom is 0.408 e. The Bertz CT molecular complexity index is 633. The second kappa shape index (κ2) is 7.33.